The van der Waals surface area contributed by atoms with Gasteiger partial charge in [-0.25, -0.2) is 9.97 Å². The largest absolute Gasteiger partial charge is 0.438 e. The molecule has 0 aliphatic heterocycles. The Labute approximate surface area is 99.9 Å². The number of hydrogen-bond acceptors (Lipinski definition) is 4. The van der Waals surface area contributed by atoms with Gasteiger partial charge in [-0.3, -0.25) is 0 Å². The maximum atomic E-state index is 9.15. The molecule has 0 spiro atoms. The summed E-state index contributed by atoms with van der Waals surface area (Å²) in [6, 6.07) is 5.91. The molecule has 0 bridgehead atoms. The predicted octanol–water partition coefficient (Wildman–Crippen LogP) is 2.38. The Morgan fingerprint density at radius 1 is 1.29 bits per heavy atom. The number of aryl methyl sites for hydroxylation is 2. The van der Waals surface area contributed by atoms with Crippen LogP contribution in [0.2, 0.25) is 0 Å². The first-order valence-electron chi connectivity index (χ1n) is 5.35. The Balaban J connectivity index is 2.31. The zero-order chi connectivity index (χ0) is 12.3. The molecule has 0 saturated heterocycles. The van der Waals surface area contributed by atoms with Crippen molar-refractivity contribution < 1.29 is 9.84 Å². The fraction of sp³-hybridized carbons (Fsp3) is 0.231. The fourth-order valence-electron chi connectivity index (χ4n) is 1.57. The summed E-state index contributed by atoms with van der Waals surface area (Å²) in [7, 11) is 0. The van der Waals surface area contributed by atoms with Crippen LogP contribution in [-0.4, -0.2) is 15.1 Å². The molecule has 0 atom stereocenters. The molecule has 0 aliphatic carbocycles. The molecule has 0 aliphatic rings. The van der Waals surface area contributed by atoms with Crippen LogP contribution in [0.15, 0.2) is 30.7 Å². The van der Waals surface area contributed by atoms with Gasteiger partial charge < -0.3 is 9.84 Å². The number of nitrogens with zero attached hydrogens (tertiary/aromatic N) is 2. The van der Waals surface area contributed by atoms with E-state index in [0.717, 1.165) is 11.3 Å². The monoisotopic (exact) mass is 230 g/mol. The maximum absolute atomic E-state index is 9.15. The molecule has 88 valence electrons. The van der Waals surface area contributed by atoms with Crippen molar-refractivity contribution in [3.8, 4) is 11.6 Å². The summed E-state index contributed by atoms with van der Waals surface area (Å²) in [6.45, 7) is 3.86. The molecule has 2 rings (SSSR count). The third kappa shape index (κ3) is 2.60. The Kier molecular flexibility index (Phi) is 3.35. The van der Waals surface area contributed by atoms with Crippen molar-refractivity contribution in [2.75, 3.05) is 0 Å². The summed E-state index contributed by atoms with van der Waals surface area (Å²) < 4.78 is 5.68. The van der Waals surface area contributed by atoms with Gasteiger partial charge in [0.2, 0.25) is 5.88 Å². The second-order valence-corrected chi connectivity index (χ2v) is 3.88. The van der Waals surface area contributed by atoms with E-state index in [2.05, 4.69) is 9.97 Å². The van der Waals surface area contributed by atoms with Crippen LogP contribution in [0.25, 0.3) is 0 Å². The van der Waals surface area contributed by atoms with Gasteiger partial charge in [-0.15, -0.1) is 0 Å². The Morgan fingerprint density at radius 2 is 2.12 bits per heavy atom. The lowest BCUT2D eigenvalue weighted by Crippen LogP contribution is -1.97. The van der Waals surface area contributed by atoms with Crippen molar-refractivity contribution in [3.63, 3.8) is 0 Å². The topological polar surface area (TPSA) is 55.2 Å². The molecule has 17 heavy (non-hydrogen) atoms. The van der Waals surface area contributed by atoms with Gasteiger partial charge in [-0.1, -0.05) is 17.7 Å². The van der Waals surface area contributed by atoms with Crippen molar-refractivity contribution in [2.24, 2.45) is 0 Å². The third-order valence-electron chi connectivity index (χ3n) is 2.45. The van der Waals surface area contributed by atoms with Crippen molar-refractivity contribution in [1.29, 1.82) is 0 Å². The van der Waals surface area contributed by atoms with Crippen LogP contribution in [0.5, 0.6) is 11.6 Å². The smallest absolute Gasteiger partial charge is 0.227 e. The quantitative estimate of drug-likeness (QED) is 0.879. The number of rotatable bonds is 3. The standard InChI is InChI=1S/C13H14N2O2/c1-9-3-4-12(10(2)5-9)17-13-11(7-16)6-14-8-15-13/h3-6,8,16H,7H2,1-2H3. The first-order chi connectivity index (χ1) is 8.20. The van der Waals surface area contributed by atoms with Gasteiger partial charge in [-0.2, -0.15) is 0 Å². The molecule has 4 nitrogen and oxygen atoms in total. The first kappa shape index (κ1) is 11.5. The van der Waals surface area contributed by atoms with Gasteiger partial charge in [0.1, 0.15) is 12.1 Å². The van der Waals surface area contributed by atoms with Crippen LogP contribution in [-0.2, 0) is 6.61 Å². The number of ether oxygens (including phenoxy) is 1. The lowest BCUT2D eigenvalue weighted by atomic mass is 10.1. The van der Waals surface area contributed by atoms with Gasteiger partial charge in [0.15, 0.2) is 0 Å². The van der Waals surface area contributed by atoms with E-state index < -0.39 is 0 Å². The third-order valence-corrected chi connectivity index (χ3v) is 2.45. The van der Waals surface area contributed by atoms with Gasteiger partial charge in [0, 0.05) is 6.20 Å². The zero-order valence-corrected chi connectivity index (χ0v) is 9.84. The minimum atomic E-state index is -0.138. The van der Waals surface area contributed by atoms with E-state index in [9.17, 15) is 0 Å². The van der Waals surface area contributed by atoms with Crippen molar-refractivity contribution in [2.45, 2.75) is 20.5 Å². The second-order valence-electron chi connectivity index (χ2n) is 3.88. The van der Waals surface area contributed by atoms with E-state index in [4.69, 9.17) is 9.84 Å². The van der Waals surface area contributed by atoms with E-state index >= 15 is 0 Å². The molecule has 0 fully saturated rings. The zero-order valence-electron chi connectivity index (χ0n) is 9.84. The van der Waals surface area contributed by atoms with Crippen LogP contribution in [0.3, 0.4) is 0 Å². The van der Waals surface area contributed by atoms with Crippen LogP contribution >= 0.6 is 0 Å². The van der Waals surface area contributed by atoms with Gasteiger partial charge in [0.25, 0.3) is 0 Å². The molecule has 0 radical (unpaired) electrons. The van der Waals surface area contributed by atoms with Crippen LogP contribution in [0.1, 0.15) is 16.7 Å². The molecule has 1 N–H and O–H groups in total. The molecule has 0 saturated carbocycles. The fourth-order valence-corrected chi connectivity index (χ4v) is 1.57. The van der Waals surface area contributed by atoms with Crippen molar-refractivity contribution in [3.05, 3.63) is 47.4 Å². The maximum Gasteiger partial charge on any atom is 0.227 e. The summed E-state index contributed by atoms with van der Waals surface area (Å²) in [6.07, 6.45) is 2.95. The van der Waals surface area contributed by atoms with Gasteiger partial charge in [0.05, 0.1) is 12.2 Å². The first-order valence-corrected chi connectivity index (χ1v) is 5.35. The van der Waals surface area contributed by atoms with Gasteiger partial charge in [-0.05, 0) is 25.5 Å². The number of aliphatic hydroxyl groups excluding tert-OH is 1. The van der Waals surface area contributed by atoms with E-state index in [-0.39, 0.29) is 6.61 Å². The number of hydrogen-bond donors (Lipinski definition) is 1. The summed E-state index contributed by atoms with van der Waals surface area (Å²) >= 11 is 0. The SMILES string of the molecule is Cc1ccc(Oc2ncncc2CO)c(C)c1. The Morgan fingerprint density at radius 3 is 2.82 bits per heavy atom. The highest BCUT2D eigenvalue weighted by Gasteiger charge is 2.07. The molecule has 0 amide bonds. The van der Waals surface area contributed by atoms with Crippen molar-refractivity contribution >= 4 is 0 Å². The average Bonchev–Trinajstić information content (AvgIpc) is 2.33. The molecular formula is C13H14N2O2. The minimum absolute atomic E-state index is 0.138. The molecule has 0 unspecified atom stereocenters. The molecule has 1 aromatic carbocycles. The normalized spacial score (nSPS) is 10.3. The summed E-state index contributed by atoms with van der Waals surface area (Å²) in [5, 5.41) is 9.15. The lowest BCUT2D eigenvalue weighted by molar-refractivity contribution is 0.274. The molecular weight excluding hydrogens is 216 g/mol. The van der Waals surface area contributed by atoms with Crippen molar-refractivity contribution in [1.82, 2.24) is 9.97 Å². The van der Waals surface area contributed by atoms with Crippen LogP contribution in [0, 0.1) is 13.8 Å². The van der Waals surface area contributed by atoms with E-state index in [1.165, 1.54) is 11.9 Å². The number of aliphatic hydroxyl groups is 1. The summed E-state index contributed by atoms with van der Waals surface area (Å²) in [5.74, 6) is 1.14. The van der Waals surface area contributed by atoms with Crippen LogP contribution in [0.4, 0.5) is 0 Å². The van der Waals surface area contributed by atoms with Crippen LogP contribution < -0.4 is 4.74 Å². The van der Waals surface area contributed by atoms with E-state index in [0.29, 0.717) is 11.4 Å². The molecule has 1 heterocycles. The highest BCUT2D eigenvalue weighted by atomic mass is 16.5. The second kappa shape index (κ2) is 4.93. The molecule has 4 heteroatoms. The molecule has 1 aromatic heterocycles. The van der Waals surface area contributed by atoms with Gasteiger partial charge >= 0.3 is 0 Å². The highest BCUT2D eigenvalue weighted by molar-refractivity contribution is 5.39. The minimum Gasteiger partial charge on any atom is -0.438 e. The Hall–Kier alpha value is -1.94. The average molecular weight is 230 g/mol. The Bertz CT molecular complexity index is 527. The highest BCUT2D eigenvalue weighted by Crippen LogP contribution is 2.26. The number of benzene rings is 1. The lowest BCUT2D eigenvalue weighted by Gasteiger charge is -2.10. The summed E-state index contributed by atoms with van der Waals surface area (Å²) in [4.78, 5) is 7.86. The van der Waals surface area contributed by atoms with E-state index in [1.54, 1.807) is 6.20 Å². The predicted molar refractivity (Wildman–Crippen MR) is 63.9 cm³/mol. The number of aromatic nitrogens is 2. The summed E-state index contributed by atoms with van der Waals surface area (Å²) in [5.41, 5.74) is 2.79. The molecule has 2 aromatic rings. The van der Waals surface area contributed by atoms with E-state index in [1.807, 2.05) is 32.0 Å².